The van der Waals surface area contributed by atoms with Crippen molar-refractivity contribution in [2.24, 2.45) is 0 Å². The zero-order valence-electron chi connectivity index (χ0n) is 10.1. The minimum absolute atomic E-state index is 0.155. The minimum atomic E-state index is -0.474. The van der Waals surface area contributed by atoms with E-state index in [0.717, 1.165) is 0 Å². The van der Waals surface area contributed by atoms with Gasteiger partial charge in [0.05, 0.1) is 6.61 Å². The second kappa shape index (κ2) is 7.16. The summed E-state index contributed by atoms with van der Waals surface area (Å²) in [5, 5.41) is 2.39. The number of anilines is 1. The Morgan fingerprint density at radius 2 is 1.94 bits per heavy atom. The number of nitrogens with two attached hydrogens (primary N) is 1. The Bertz CT molecular complexity index is 403. The fourth-order valence-electron chi connectivity index (χ4n) is 1.15. The average Bonchev–Trinajstić information content (AvgIpc) is 2.36. The molecule has 6 heteroatoms. The van der Waals surface area contributed by atoms with Crippen molar-refractivity contribution < 1.29 is 19.1 Å². The maximum Gasteiger partial charge on any atom is 0.325 e. The van der Waals surface area contributed by atoms with Crippen molar-refractivity contribution in [3.63, 3.8) is 0 Å². The molecule has 1 aromatic carbocycles. The van der Waals surface area contributed by atoms with Crippen molar-refractivity contribution in [2.75, 3.05) is 25.5 Å². The first-order chi connectivity index (χ1) is 8.61. The number of amides is 1. The molecule has 0 atom stereocenters. The van der Waals surface area contributed by atoms with Gasteiger partial charge in [-0.05, 0) is 31.2 Å². The smallest absolute Gasteiger partial charge is 0.325 e. The van der Waals surface area contributed by atoms with Gasteiger partial charge in [0.25, 0.3) is 5.91 Å². The summed E-state index contributed by atoms with van der Waals surface area (Å²) in [6.45, 7) is 1.67. The third-order valence-corrected chi connectivity index (χ3v) is 1.99. The zero-order chi connectivity index (χ0) is 13.4. The molecule has 0 saturated heterocycles. The largest absolute Gasteiger partial charge is 0.484 e. The fraction of sp³-hybridized carbons (Fsp3) is 0.333. The molecule has 0 fully saturated rings. The van der Waals surface area contributed by atoms with Crippen LogP contribution in [-0.2, 0) is 14.3 Å². The Labute approximate surface area is 105 Å². The molecule has 0 aliphatic rings. The normalized spacial score (nSPS) is 9.61. The van der Waals surface area contributed by atoms with Crippen molar-refractivity contribution in [1.82, 2.24) is 5.32 Å². The van der Waals surface area contributed by atoms with Gasteiger partial charge in [0.2, 0.25) is 0 Å². The van der Waals surface area contributed by atoms with E-state index in [1.165, 1.54) is 0 Å². The molecule has 1 amide bonds. The molecular weight excluding hydrogens is 236 g/mol. The highest BCUT2D eigenvalue weighted by molar-refractivity contribution is 5.82. The van der Waals surface area contributed by atoms with Crippen LogP contribution >= 0.6 is 0 Å². The van der Waals surface area contributed by atoms with E-state index >= 15 is 0 Å². The van der Waals surface area contributed by atoms with E-state index in [2.05, 4.69) is 10.1 Å². The van der Waals surface area contributed by atoms with E-state index in [4.69, 9.17) is 10.5 Å². The number of nitrogens with one attached hydrogen (secondary N) is 1. The standard InChI is InChI=1S/C12H16N2O4/c1-2-17-12(16)7-14-11(15)8-18-10-5-3-9(13)4-6-10/h3-6H,2,7-8,13H2,1H3,(H,14,15). The van der Waals surface area contributed by atoms with E-state index in [1.807, 2.05) is 0 Å². The van der Waals surface area contributed by atoms with E-state index in [0.29, 0.717) is 11.4 Å². The third kappa shape index (κ3) is 5.20. The molecule has 0 radical (unpaired) electrons. The molecule has 3 N–H and O–H groups in total. The number of hydrogen-bond donors (Lipinski definition) is 2. The summed E-state index contributed by atoms with van der Waals surface area (Å²) in [5.41, 5.74) is 6.13. The first kappa shape index (κ1) is 13.8. The summed E-state index contributed by atoms with van der Waals surface area (Å²) in [7, 11) is 0. The van der Waals surface area contributed by atoms with Gasteiger partial charge in [0, 0.05) is 5.69 Å². The molecule has 0 spiro atoms. The number of hydrogen-bond acceptors (Lipinski definition) is 5. The Kier molecular flexibility index (Phi) is 5.50. The lowest BCUT2D eigenvalue weighted by Crippen LogP contribution is -2.34. The summed E-state index contributed by atoms with van der Waals surface area (Å²) in [5.74, 6) is -0.325. The molecule has 98 valence electrons. The van der Waals surface area contributed by atoms with Gasteiger partial charge in [-0.15, -0.1) is 0 Å². The maximum atomic E-state index is 11.3. The SMILES string of the molecule is CCOC(=O)CNC(=O)COc1ccc(N)cc1. The first-order valence-corrected chi connectivity index (χ1v) is 5.52. The predicted molar refractivity (Wildman–Crippen MR) is 66.0 cm³/mol. The molecule has 0 aliphatic carbocycles. The van der Waals surface area contributed by atoms with Crippen LogP contribution in [-0.4, -0.2) is 31.6 Å². The highest BCUT2D eigenvalue weighted by Crippen LogP contribution is 2.12. The maximum absolute atomic E-state index is 11.3. The number of carbonyl (C=O) groups excluding carboxylic acids is 2. The highest BCUT2D eigenvalue weighted by atomic mass is 16.5. The van der Waals surface area contributed by atoms with Crippen LogP contribution in [0, 0.1) is 0 Å². The summed E-state index contributed by atoms with van der Waals surface area (Å²) >= 11 is 0. The lowest BCUT2D eigenvalue weighted by Gasteiger charge is -2.07. The van der Waals surface area contributed by atoms with Crippen molar-refractivity contribution >= 4 is 17.6 Å². The Morgan fingerprint density at radius 3 is 2.56 bits per heavy atom. The number of nitrogen functional groups attached to an aromatic ring is 1. The van der Waals surface area contributed by atoms with Crippen LogP contribution in [0.3, 0.4) is 0 Å². The molecule has 1 aromatic rings. The van der Waals surface area contributed by atoms with Gasteiger partial charge in [0.1, 0.15) is 12.3 Å². The van der Waals surface area contributed by atoms with Crippen molar-refractivity contribution in [1.29, 1.82) is 0 Å². The van der Waals surface area contributed by atoms with Gasteiger partial charge in [-0.25, -0.2) is 0 Å². The van der Waals surface area contributed by atoms with Gasteiger partial charge < -0.3 is 20.5 Å². The lowest BCUT2D eigenvalue weighted by atomic mass is 10.3. The average molecular weight is 252 g/mol. The Hall–Kier alpha value is -2.24. The van der Waals surface area contributed by atoms with E-state index in [9.17, 15) is 9.59 Å². The Balaban J connectivity index is 2.24. The van der Waals surface area contributed by atoms with Crippen LogP contribution in [0.25, 0.3) is 0 Å². The van der Waals surface area contributed by atoms with Crippen LogP contribution in [0.2, 0.25) is 0 Å². The van der Waals surface area contributed by atoms with Gasteiger partial charge in [-0.2, -0.15) is 0 Å². The zero-order valence-corrected chi connectivity index (χ0v) is 10.1. The monoisotopic (exact) mass is 252 g/mol. The molecule has 0 saturated carbocycles. The number of benzene rings is 1. The Morgan fingerprint density at radius 1 is 1.28 bits per heavy atom. The second-order valence-corrected chi connectivity index (χ2v) is 3.44. The number of ether oxygens (including phenoxy) is 2. The van der Waals surface area contributed by atoms with Gasteiger partial charge in [-0.3, -0.25) is 9.59 Å². The summed E-state index contributed by atoms with van der Waals surface area (Å²) < 4.78 is 9.86. The molecule has 18 heavy (non-hydrogen) atoms. The summed E-state index contributed by atoms with van der Waals surface area (Å²) in [6, 6.07) is 6.67. The molecule has 0 aliphatic heterocycles. The van der Waals surface area contributed by atoms with Crippen molar-refractivity contribution in [3.05, 3.63) is 24.3 Å². The number of esters is 1. The number of carbonyl (C=O) groups is 2. The van der Waals surface area contributed by atoms with Crippen LogP contribution in [0.5, 0.6) is 5.75 Å². The van der Waals surface area contributed by atoms with E-state index in [-0.39, 0.29) is 25.7 Å². The van der Waals surface area contributed by atoms with Crippen LogP contribution in [0.1, 0.15) is 6.92 Å². The lowest BCUT2D eigenvalue weighted by molar-refractivity contribution is -0.143. The van der Waals surface area contributed by atoms with Crippen LogP contribution < -0.4 is 15.8 Å². The van der Waals surface area contributed by atoms with Crippen molar-refractivity contribution in [2.45, 2.75) is 6.92 Å². The summed E-state index contributed by atoms with van der Waals surface area (Å²) in [4.78, 5) is 22.3. The molecular formula is C12H16N2O4. The molecule has 6 nitrogen and oxygen atoms in total. The minimum Gasteiger partial charge on any atom is -0.484 e. The van der Waals surface area contributed by atoms with E-state index < -0.39 is 5.97 Å². The van der Waals surface area contributed by atoms with Crippen LogP contribution in [0.15, 0.2) is 24.3 Å². The number of rotatable bonds is 6. The predicted octanol–water partition coefficient (Wildman–Crippen LogP) is 0.327. The molecule has 0 aromatic heterocycles. The molecule has 0 heterocycles. The van der Waals surface area contributed by atoms with Gasteiger partial charge in [0.15, 0.2) is 6.61 Å². The van der Waals surface area contributed by atoms with Gasteiger partial charge in [-0.1, -0.05) is 0 Å². The van der Waals surface area contributed by atoms with Gasteiger partial charge >= 0.3 is 5.97 Å². The van der Waals surface area contributed by atoms with Crippen molar-refractivity contribution in [3.8, 4) is 5.75 Å². The quantitative estimate of drug-likeness (QED) is 0.562. The summed E-state index contributed by atoms with van der Waals surface area (Å²) in [6.07, 6.45) is 0. The van der Waals surface area contributed by atoms with E-state index in [1.54, 1.807) is 31.2 Å². The molecule has 0 bridgehead atoms. The third-order valence-electron chi connectivity index (χ3n) is 1.99. The molecule has 1 rings (SSSR count). The first-order valence-electron chi connectivity index (χ1n) is 5.52. The topological polar surface area (TPSA) is 90.6 Å². The molecule has 0 unspecified atom stereocenters. The second-order valence-electron chi connectivity index (χ2n) is 3.44. The fourth-order valence-corrected chi connectivity index (χ4v) is 1.15. The van der Waals surface area contributed by atoms with Crippen LogP contribution in [0.4, 0.5) is 5.69 Å². The highest BCUT2D eigenvalue weighted by Gasteiger charge is 2.06.